The highest BCUT2D eigenvalue weighted by Crippen LogP contribution is 2.33. The van der Waals surface area contributed by atoms with Gasteiger partial charge >= 0.3 is 0 Å². The van der Waals surface area contributed by atoms with E-state index in [9.17, 15) is 0 Å². The lowest BCUT2D eigenvalue weighted by atomic mass is 10.0. The summed E-state index contributed by atoms with van der Waals surface area (Å²) < 4.78 is 11.8. The number of nitrogens with two attached hydrogens (primary N) is 1. The molecule has 0 heterocycles. The Labute approximate surface area is 129 Å². The number of hydrogen-bond acceptors (Lipinski definition) is 3. The van der Waals surface area contributed by atoms with Crippen LogP contribution in [0.2, 0.25) is 0 Å². The Morgan fingerprint density at radius 1 is 1.14 bits per heavy atom. The highest BCUT2D eigenvalue weighted by molar-refractivity contribution is 5.47. The maximum atomic E-state index is 6.11. The molecule has 0 fully saturated rings. The summed E-state index contributed by atoms with van der Waals surface area (Å²) in [4.78, 5) is 0. The molecular formula is C18H31NO2. The first-order valence-corrected chi connectivity index (χ1v) is 8.25. The van der Waals surface area contributed by atoms with Gasteiger partial charge in [-0.3, -0.25) is 0 Å². The Hall–Kier alpha value is -1.22. The summed E-state index contributed by atoms with van der Waals surface area (Å²) in [5.74, 6) is 2.27. The van der Waals surface area contributed by atoms with Gasteiger partial charge in [0.1, 0.15) is 0 Å². The van der Waals surface area contributed by atoms with Gasteiger partial charge in [0.05, 0.1) is 13.2 Å². The van der Waals surface area contributed by atoms with Gasteiger partial charge in [0.15, 0.2) is 11.5 Å². The third-order valence-corrected chi connectivity index (χ3v) is 3.66. The molecule has 0 spiro atoms. The molecule has 0 aliphatic heterocycles. The minimum Gasteiger partial charge on any atom is -0.490 e. The Bertz CT molecular complexity index is 406. The molecule has 0 saturated heterocycles. The second kappa shape index (κ2) is 9.67. The molecule has 2 N–H and O–H groups in total. The number of ether oxygens (including phenoxy) is 2. The lowest BCUT2D eigenvalue weighted by Crippen LogP contribution is -2.22. The van der Waals surface area contributed by atoms with Crippen LogP contribution in [0.3, 0.4) is 0 Å². The summed E-state index contributed by atoms with van der Waals surface area (Å²) in [7, 11) is 0. The fraction of sp³-hybridized carbons (Fsp3) is 0.667. The van der Waals surface area contributed by atoms with E-state index in [2.05, 4.69) is 26.8 Å². The van der Waals surface area contributed by atoms with Crippen molar-refractivity contribution in [1.29, 1.82) is 0 Å². The van der Waals surface area contributed by atoms with E-state index < -0.39 is 0 Å². The molecule has 21 heavy (non-hydrogen) atoms. The minimum absolute atomic E-state index is 0.164. The molecule has 3 nitrogen and oxygen atoms in total. The maximum absolute atomic E-state index is 6.11. The Morgan fingerprint density at radius 3 is 2.52 bits per heavy atom. The summed E-state index contributed by atoms with van der Waals surface area (Å²) in [6.45, 7) is 9.91. The Balaban J connectivity index is 2.88. The van der Waals surface area contributed by atoms with Gasteiger partial charge in [-0.15, -0.1) is 0 Å². The predicted molar refractivity (Wildman–Crippen MR) is 89.1 cm³/mol. The highest BCUT2D eigenvalue weighted by atomic mass is 16.5. The van der Waals surface area contributed by atoms with Crippen LogP contribution in [0.1, 0.15) is 52.5 Å². The van der Waals surface area contributed by atoms with Gasteiger partial charge in [0, 0.05) is 6.04 Å². The number of rotatable bonds is 10. The maximum Gasteiger partial charge on any atom is 0.164 e. The van der Waals surface area contributed by atoms with Crippen LogP contribution in [0.5, 0.6) is 11.5 Å². The van der Waals surface area contributed by atoms with Crippen LogP contribution >= 0.6 is 0 Å². The number of benzene rings is 1. The van der Waals surface area contributed by atoms with Gasteiger partial charge in [-0.2, -0.15) is 0 Å². The first kappa shape index (κ1) is 17.8. The molecule has 3 heteroatoms. The SMILES string of the molecule is CCCC(C)COc1c(CC(N)CC)cccc1OCC. The molecule has 2 atom stereocenters. The summed E-state index contributed by atoms with van der Waals surface area (Å²) in [5, 5.41) is 0. The van der Waals surface area contributed by atoms with E-state index in [4.69, 9.17) is 15.2 Å². The molecule has 0 amide bonds. The quantitative estimate of drug-likeness (QED) is 0.704. The van der Waals surface area contributed by atoms with Gasteiger partial charge < -0.3 is 15.2 Å². The lowest BCUT2D eigenvalue weighted by molar-refractivity contribution is 0.231. The second-order valence-electron chi connectivity index (χ2n) is 5.75. The predicted octanol–water partition coefficient (Wildman–Crippen LogP) is 4.18. The zero-order valence-electron chi connectivity index (χ0n) is 14.0. The molecule has 0 aliphatic carbocycles. The molecule has 120 valence electrons. The highest BCUT2D eigenvalue weighted by Gasteiger charge is 2.14. The van der Waals surface area contributed by atoms with Crippen molar-refractivity contribution in [3.05, 3.63) is 23.8 Å². The van der Waals surface area contributed by atoms with Gasteiger partial charge in [-0.25, -0.2) is 0 Å². The Morgan fingerprint density at radius 2 is 1.90 bits per heavy atom. The summed E-state index contributed by atoms with van der Waals surface area (Å²) in [6.07, 6.45) is 4.16. The molecule has 0 aromatic heterocycles. The van der Waals surface area contributed by atoms with Crippen molar-refractivity contribution in [3.63, 3.8) is 0 Å². The zero-order chi connectivity index (χ0) is 15.7. The van der Waals surface area contributed by atoms with E-state index in [-0.39, 0.29) is 6.04 Å². The van der Waals surface area contributed by atoms with Crippen LogP contribution in [-0.2, 0) is 6.42 Å². The normalized spacial score (nSPS) is 13.8. The third kappa shape index (κ3) is 5.96. The van der Waals surface area contributed by atoms with Crippen LogP contribution < -0.4 is 15.2 Å². The molecule has 0 radical (unpaired) electrons. The summed E-state index contributed by atoms with van der Waals surface area (Å²) >= 11 is 0. The van der Waals surface area contributed by atoms with Gasteiger partial charge in [-0.1, -0.05) is 39.3 Å². The summed E-state index contributed by atoms with van der Waals surface area (Å²) in [6, 6.07) is 6.25. The van der Waals surface area contributed by atoms with E-state index in [0.717, 1.165) is 36.5 Å². The average molecular weight is 293 g/mol. The first-order chi connectivity index (χ1) is 10.1. The van der Waals surface area contributed by atoms with Crippen molar-refractivity contribution >= 4 is 0 Å². The van der Waals surface area contributed by atoms with Gasteiger partial charge in [0.2, 0.25) is 0 Å². The molecule has 2 unspecified atom stereocenters. The average Bonchev–Trinajstić information content (AvgIpc) is 2.47. The zero-order valence-corrected chi connectivity index (χ0v) is 14.0. The van der Waals surface area contributed by atoms with Crippen molar-refractivity contribution in [2.45, 2.75) is 59.4 Å². The van der Waals surface area contributed by atoms with Crippen LogP contribution in [0.4, 0.5) is 0 Å². The van der Waals surface area contributed by atoms with Crippen molar-refractivity contribution < 1.29 is 9.47 Å². The van der Waals surface area contributed by atoms with E-state index in [1.54, 1.807) is 0 Å². The van der Waals surface area contributed by atoms with E-state index >= 15 is 0 Å². The molecule has 0 bridgehead atoms. The monoisotopic (exact) mass is 293 g/mol. The van der Waals surface area contributed by atoms with E-state index in [1.165, 1.54) is 12.8 Å². The van der Waals surface area contributed by atoms with Crippen LogP contribution in [0.15, 0.2) is 18.2 Å². The molecule has 1 aromatic rings. The third-order valence-electron chi connectivity index (χ3n) is 3.66. The van der Waals surface area contributed by atoms with Gasteiger partial charge in [0.25, 0.3) is 0 Å². The molecule has 0 aliphatic rings. The van der Waals surface area contributed by atoms with Crippen LogP contribution in [0.25, 0.3) is 0 Å². The van der Waals surface area contributed by atoms with Gasteiger partial charge in [-0.05, 0) is 43.7 Å². The first-order valence-electron chi connectivity index (χ1n) is 8.25. The van der Waals surface area contributed by atoms with Crippen molar-refractivity contribution in [1.82, 2.24) is 0 Å². The smallest absolute Gasteiger partial charge is 0.164 e. The van der Waals surface area contributed by atoms with Crippen molar-refractivity contribution in [2.24, 2.45) is 11.7 Å². The van der Waals surface area contributed by atoms with Crippen LogP contribution in [0, 0.1) is 5.92 Å². The van der Waals surface area contributed by atoms with E-state index in [1.807, 2.05) is 19.1 Å². The number of para-hydroxylation sites is 1. The largest absolute Gasteiger partial charge is 0.490 e. The molecule has 0 saturated carbocycles. The van der Waals surface area contributed by atoms with E-state index in [0.29, 0.717) is 12.5 Å². The number of hydrogen-bond donors (Lipinski definition) is 1. The minimum atomic E-state index is 0.164. The Kier molecular flexibility index (Phi) is 8.21. The summed E-state index contributed by atoms with van der Waals surface area (Å²) in [5.41, 5.74) is 7.26. The lowest BCUT2D eigenvalue weighted by Gasteiger charge is -2.19. The second-order valence-corrected chi connectivity index (χ2v) is 5.75. The van der Waals surface area contributed by atoms with Crippen molar-refractivity contribution in [3.8, 4) is 11.5 Å². The standard InChI is InChI=1S/C18H31NO2/c1-5-9-14(4)13-21-18-15(12-16(19)6-2)10-8-11-17(18)20-7-3/h8,10-11,14,16H,5-7,9,12-13,19H2,1-4H3. The topological polar surface area (TPSA) is 44.5 Å². The fourth-order valence-electron chi connectivity index (χ4n) is 2.38. The molecule has 1 rings (SSSR count). The molecule has 1 aromatic carbocycles. The van der Waals surface area contributed by atoms with Crippen molar-refractivity contribution in [2.75, 3.05) is 13.2 Å². The van der Waals surface area contributed by atoms with Crippen LogP contribution in [-0.4, -0.2) is 19.3 Å². The molecular weight excluding hydrogens is 262 g/mol. The fourth-order valence-corrected chi connectivity index (χ4v) is 2.38.